The SMILES string of the molecule is CCCC(NS(=O)(=O)c1ccc(C#N)nc1)C(=O)O. The van der Waals surface area contributed by atoms with Gasteiger partial charge in [-0.3, -0.25) is 4.79 Å². The Kier molecular flexibility index (Phi) is 4.97. The zero-order valence-electron chi connectivity index (χ0n) is 10.2. The van der Waals surface area contributed by atoms with E-state index in [2.05, 4.69) is 9.71 Å². The maximum absolute atomic E-state index is 11.9. The maximum atomic E-state index is 11.9. The Balaban J connectivity index is 2.96. The first-order valence-corrected chi connectivity index (χ1v) is 7.00. The molecule has 0 aliphatic carbocycles. The monoisotopic (exact) mass is 283 g/mol. The van der Waals surface area contributed by atoms with Crippen LogP contribution in [0.2, 0.25) is 0 Å². The van der Waals surface area contributed by atoms with Gasteiger partial charge >= 0.3 is 5.97 Å². The Morgan fingerprint density at radius 1 is 1.58 bits per heavy atom. The number of aliphatic carboxylic acids is 1. The lowest BCUT2D eigenvalue weighted by atomic mass is 10.2. The zero-order chi connectivity index (χ0) is 14.5. The van der Waals surface area contributed by atoms with Gasteiger partial charge in [0.05, 0.1) is 0 Å². The van der Waals surface area contributed by atoms with Crippen LogP contribution < -0.4 is 4.72 Å². The molecule has 2 N–H and O–H groups in total. The third kappa shape index (κ3) is 4.01. The molecule has 0 spiro atoms. The Bertz CT molecular complexity index is 589. The number of sulfonamides is 1. The van der Waals surface area contributed by atoms with E-state index in [0.29, 0.717) is 6.42 Å². The van der Waals surface area contributed by atoms with E-state index >= 15 is 0 Å². The van der Waals surface area contributed by atoms with Gasteiger partial charge in [-0.1, -0.05) is 13.3 Å². The summed E-state index contributed by atoms with van der Waals surface area (Å²) in [6.45, 7) is 1.76. The van der Waals surface area contributed by atoms with E-state index in [1.165, 1.54) is 12.1 Å². The number of hydrogen-bond donors (Lipinski definition) is 2. The highest BCUT2D eigenvalue weighted by atomic mass is 32.2. The van der Waals surface area contributed by atoms with Crippen molar-refractivity contribution in [3.63, 3.8) is 0 Å². The summed E-state index contributed by atoms with van der Waals surface area (Å²) in [5, 5.41) is 17.5. The molecule has 0 fully saturated rings. The molecule has 102 valence electrons. The molecule has 19 heavy (non-hydrogen) atoms. The van der Waals surface area contributed by atoms with Crippen molar-refractivity contribution in [2.45, 2.75) is 30.7 Å². The molecule has 7 nitrogen and oxygen atoms in total. The van der Waals surface area contributed by atoms with Gasteiger partial charge in [0, 0.05) is 6.20 Å². The van der Waals surface area contributed by atoms with Crippen LogP contribution in [0.5, 0.6) is 0 Å². The highest BCUT2D eigenvalue weighted by Gasteiger charge is 2.24. The van der Waals surface area contributed by atoms with Crippen molar-refractivity contribution in [2.24, 2.45) is 0 Å². The van der Waals surface area contributed by atoms with Crippen molar-refractivity contribution in [3.05, 3.63) is 24.0 Å². The van der Waals surface area contributed by atoms with Crippen molar-refractivity contribution in [1.82, 2.24) is 9.71 Å². The summed E-state index contributed by atoms with van der Waals surface area (Å²) in [6.07, 6.45) is 1.75. The fraction of sp³-hybridized carbons (Fsp3) is 0.364. The number of carboxylic acid groups (broad SMARTS) is 1. The predicted octanol–water partition coefficient (Wildman–Crippen LogP) is 0.485. The lowest BCUT2D eigenvalue weighted by molar-refractivity contribution is -0.139. The van der Waals surface area contributed by atoms with Gasteiger partial charge in [-0.05, 0) is 18.6 Å². The van der Waals surface area contributed by atoms with Crippen LogP contribution in [0.15, 0.2) is 23.2 Å². The molecule has 1 rings (SSSR count). The van der Waals surface area contributed by atoms with E-state index in [1.54, 1.807) is 13.0 Å². The topological polar surface area (TPSA) is 120 Å². The summed E-state index contributed by atoms with van der Waals surface area (Å²) >= 11 is 0. The molecular formula is C11H13N3O4S. The van der Waals surface area contributed by atoms with Crippen LogP contribution in [0.1, 0.15) is 25.5 Å². The average Bonchev–Trinajstić information content (AvgIpc) is 2.38. The molecule has 0 amide bonds. The molecule has 0 radical (unpaired) electrons. The van der Waals surface area contributed by atoms with Gasteiger partial charge in [0.15, 0.2) is 0 Å². The van der Waals surface area contributed by atoms with Crippen molar-refractivity contribution in [1.29, 1.82) is 5.26 Å². The van der Waals surface area contributed by atoms with Gasteiger partial charge in [-0.15, -0.1) is 0 Å². The third-order valence-electron chi connectivity index (χ3n) is 2.33. The molecule has 0 aliphatic rings. The third-order valence-corrected chi connectivity index (χ3v) is 3.79. The largest absolute Gasteiger partial charge is 0.480 e. The quantitative estimate of drug-likeness (QED) is 0.783. The Hall–Kier alpha value is -1.98. The standard InChI is InChI=1S/C11H13N3O4S/c1-2-3-10(11(15)16)14-19(17,18)9-5-4-8(6-12)13-7-9/h4-5,7,10,14H,2-3H2,1H3,(H,15,16). The molecule has 1 aromatic heterocycles. The molecule has 8 heteroatoms. The molecule has 1 atom stereocenters. The van der Waals surface area contributed by atoms with Crippen molar-refractivity contribution in [2.75, 3.05) is 0 Å². The van der Waals surface area contributed by atoms with Crippen molar-refractivity contribution < 1.29 is 18.3 Å². The molecule has 1 heterocycles. The van der Waals surface area contributed by atoms with Crippen LogP contribution >= 0.6 is 0 Å². The number of carboxylic acids is 1. The summed E-state index contributed by atoms with van der Waals surface area (Å²) in [6, 6.07) is 3.05. The van der Waals surface area contributed by atoms with Crippen LogP contribution in [0.4, 0.5) is 0 Å². The predicted molar refractivity (Wildman–Crippen MR) is 65.6 cm³/mol. The average molecular weight is 283 g/mol. The highest BCUT2D eigenvalue weighted by molar-refractivity contribution is 7.89. The first-order chi connectivity index (χ1) is 8.90. The smallest absolute Gasteiger partial charge is 0.321 e. The summed E-state index contributed by atoms with van der Waals surface area (Å²) in [5.74, 6) is -1.23. The number of hydrogen-bond acceptors (Lipinski definition) is 5. The summed E-state index contributed by atoms with van der Waals surface area (Å²) in [4.78, 5) is 14.4. The first-order valence-electron chi connectivity index (χ1n) is 5.52. The van der Waals surface area contributed by atoms with Gasteiger partial charge < -0.3 is 5.11 Å². The second-order valence-electron chi connectivity index (χ2n) is 3.79. The van der Waals surface area contributed by atoms with E-state index in [-0.39, 0.29) is 17.0 Å². The van der Waals surface area contributed by atoms with Crippen LogP contribution in [0.3, 0.4) is 0 Å². The summed E-state index contributed by atoms with van der Waals surface area (Å²) in [5.41, 5.74) is 0.0855. The number of rotatable bonds is 6. The molecular weight excluding hydrogens is 270 g/mol. The molecule has 0 aromatic carbocycles. The fourth-order valence-electron chi connectivity index (χ4n) is 1.38. The molecule has 0 bridgehead atoms. The van der Waals surface area contributed by atoms with E-state index in [0.717, 1.165) is 6.20 Å². The van der Waals surface area contributed by atoms with Crippen molar-refractivity contribution in [3.8, 4) is 6.07 Å². The van der Waals surface area contributed by atoms with Gasteiger partial charge in [-0.2, -0.15) is 9.98 Å². The Morgan fingerprint density at radius 2 is 2.26 bits per heavy atom. The van der Waals surface area contributed by atoms with E-state index < -0.39 is 22.0 Å². The van der Waals surface area contributed by atoms with E-state index in [9.17, 15) is 13.2 Å². The second kappa shape index (κ2) is 6.26. The van der Waals surface area contributed by atoms with E-state index in [1.807, 2.05) is 0 Å². The van der Waals surface area contributed by atoms with Gasteiger partial charge in [-0.25, -0.2) is 13.4 Å². The fourth-order valence-corrected chi connectivity index (χ4v) is 2.55. The number of pyridine rings is 1. The van der Waals surface area contributed by atoms with Gasteiger partial charge in [0.25, 0.3) is 0 Å². The lowest BCUT2D eigenvalue weighted by Crippen LogP contribution is -2.40. The number of carbonyl (C=O) groups is 1. The number of nitrogens with zero attached hydrogens (tertiary/aromatic N) is 2. The normalized spacial score (nSPS) is 12.6. The van der Waals surface area contributed by atoms with Crippen molar-refractivity contribution >= 4 is 16.0 Å². The number of nitrogens with one attached hydrogen (secondary N) is 1. The summed E-state index contributed by atoms with van der Waals surface area (Å²) < 4.78 is 25.9. The van der Waals surface area contributed by atoms with E-state index in [4.69, 9.17) is 10.4 Å². The number of aromatic nitrogens is 1. The molecule has 0 saturated heterocycles. The van der Waals surface area contributed by atoms with Gasteiger partial charge in [0.2, 0.25) is 10.0 Å². The highest BCUT2D eigenvalue weighted by Crippen LogP contribution is 2.10. The van der Waals surface area contributed by atoms with Crippen LogP contribution in [-0.4, -0.2) is 30.5 Å². The maximum Gasteiger partial charge on any atom is 0.321 e. The zero-order valence-corrected chi connectivity index (χ0v) is 11.0. The first kappa shape index (κ1) is 15.1. The molecule has 1 unspecified atom stereocenters. The molecule has 0 saturated carbocycles. The Labute approximate surface area is 110 Å². The van der Waals surface area contributed by atoms with Crippen LogP contribution in [-0.2, 0) is 14.8 Å². The van der Waals surface area contributed by atoms with Gasteiger partial charge in [0.1, 0.15) is 22.7 Å². The summed E-state index contributed by atoms with van der Waals surface area (Å²) in [7, 11) is -3.95. The molecule has 1 aromatic rings. The Morgan fingerprint density at radius 3 is 2.68 bits per heavy atom. The van der Waals surface area contributed by atoms with Crippen LogP contribution in [0.25, 0.3) is 0 Å². The minimum atomic E-state index is -3.95. The molecule has 0 aliphatic heterocycles. The van der Waals surface area contributed by atoms with Crippen LogP contribution in [0, 0.1) is 11.3 Å². The second-order valence-corrected chi connectivity index (χ2v) is 5.51. The minimum absolute atomic E-state index is 0.0855. The lowest BCUT2D eigenvalue weighted by Gasteiger charge is -2.13. The minimum Gasteiger partial charge on any atom is -0.480 e. The number of nitriles is 1.